The first-order valence-electron chi connectivity index (χ1n) is 4.92. The minimum absolute atomic E-state index is 0.0712. The van der Waals surface area contributed by atoms with E-state index in [1.54, 1.807) is 13.2 Å². The normalized spacial score (nSPS) is 12.5. The zero-order valence-electron chi connectivity index (χ0n) is 9.36. The van der Waals surface area contributed by atoms with Gasteiger partial charge in [0.2, 0.25) is 5.88 Å². The Morgan fingerprint density at radius 2 is 2.27 bits per heavy atom. The number of nitrogens with zero attached hydrogens (tertiary/aromatic N) is 2. The smallest absolute Gasteiger partial charge is 0.216 e. The molecule has 1 N–H and O–H groups in total. The molecule has 1 unspecified atom stereocenters. The number of nitrogens with one attached hydrogen (secondary N) is 1. The molecule has 15 heavy (non-hydrogen) atoms. The maximum Gasteiger partial charge on any atom is 0.216 e. The van der Waals surface area contributed by atoms with Gasteiger partial charge in [0.25, 0.3) is 0 Å². The highest BCUT2D eigenvalue weighted by molar-refractivity contribution is 5.16. The van der Waals surface area contributed by atoms with Crippen LogP contribution in [0.4, 0.5) is 0 Å². The molecule has 0 aliphatic carbocycles. The molecule has 0 saturated carbocycles. The average molecular weight is 211 g/mol. The van der Waals surface area contributed by atoms with E-state index in [0.29, 0.717) is 19.1 Å². The van der Waals surface area contributed by atoms with E-state index in [-0.39, 0.29) is 6.04 Å². The van der Waals surface area contributed by atoms with E-state index in [9.17, 15) is 0 Å². The molecule has 1 atom stereocenters. The zero-order valence-corrected chi connectivity index (χ0v) is 9.36. The molecule has 1 heterocycles. The summed E-state index contributed by atoms with van der Waals surface area (Å²) in [6, 6.07) is 1.88. The first kappa shape index (κ1) is 11.9. The van der Waals surface area contributed by atoms with E-state index in [2.05, 4.69) is 15.3 Å². The topological polar surface area (TPSA) is 56.3 Å². The van der Waals surface area contributed by atoms with Gasteiger partial charge in [-0.3, -0.25) is 0 Å². The van der Waals surface area contributed by atoms with E-state index >= 15 is 0 Å². The van der Waals surface area contributed by atoms with Crippen LogP contribution in [0.15, 0.2) is 12.4 Å². The third kappa shape index (κ3) is 3.45. The molecule has 0 fully saturated rings. The van der Waals surface area contributed by atoms with Gasteiger partial charge < -0.3 is 14.8 Å². The van der Waals surface area contributed by atoms with E-state index in [0.717, 1.165) is 5.69 Å². The van der Waals surface area contributed by atoms with E-state index in [1.807, 2.05) is 14.0 Å². The van der Waals surface area contributed by atoms with Crippen LogP contribution in [0.2, 0.25) is 0 Å². The van der Waals surface area contributed by atoms with Gasteiger partial charge >= 0.3 is 0 Å². The lowest BCUT2D eigenvalue weighted by molar-refractivity contribution is 0.124. The fourth-order valence-corrected chi connectivity index (χ4v) is 1.21. The van der Waals surface area contributed by atoms with E-state index in [4.69, 9.17) is 9.47 Å². The van der Waals surface area contributed by atoms with Gasteiger partial charge in [-0.1, -0.05) is 0 Å². The quantitative estimate of drug-likeness (QED) is 0.753. The molecule has 0 radical (unpaired) electrons. The summed E-state index contributed by atoms with van der Waals surface area (Å²) in [5.41, 5.74) is 0.873. The third-order valence-electron chi connectivity index (χ3n) is 2.07. The highest BCUT2D eigenvalue weighted by Crippen LogP contribution is 2.13. The van der Waals surface area contributed by atoms with Gasteiger partial charge in [-0.15, -0.1) is 0 Å². The standard InChI is InChI=1S/C10H17N3O2/c1-4-15-6-9(11-2)8-5-10(14-3)13-7-12-8/h5,7,9,11H,4,6H2,1-3H3. The van der Waals surface area contributed by atoms with Crippen molar-refractivity contribution in [3.05, 3.63) is 18.1 Å². The second-order valence-corrected chi connectivity index (χ2v) is 2.99. The average Bonchev–Trinajstić information content (AvgIpc) is 2.30. The Morgan fingerprint density at radius 3 is 2.87 bits per heavy atom. The lowest BCUT2D eigenvalue weighted by atomic mass is 10.2. The number of hydrogen-bond donors (Lipinski definition) is 1. The first-order valence-corrected chi connectivity index (χ1v) is 4.92. The van der Waals surface area contributed by atoms with Gasteiger partial charge in [-0.2, -0.15) is 0 Å². The molecule has 0 bridgehead atoms. The largest absolute Gasteiger partial charge is 0.481 e. The van der Waals surface area contributed by atoms with Crippen LogP contribution in [-0.2, 0) is 4.74 Å². The molecule has 1 rings (SSSR count). The molecule has 84 valence electrons. The van der Waals surface area contributed by atoms with Gasteiger partial charge in [-0.05, 0) is 14.0 Å². The highest BCUT2D eigenvalue weighted by Gasteiger charge is 2.11. The van der Waals surface area contributed by atoms with Crippen LogP contribution < -0.4 is 10.1 Å². The third-order valence-corrected chi connectivity index (χ3v) is 2.07. The fourth-order valence-electron chi connectivity index (χ4n) is 1.21. The maximum absolute atomic E-state index is 5.35. The summed E-state index contributed by atoms with van der Waals surface area (Å²) in [6.07, 6.45) is 1.49. The van der Waals surface area contributed by atoms with Crippen LogP contribution in [0.25, 0.3) is 0 Å². The van der Waals surface area contributed by atoms with Crippen LogP contribution >= 0.6 is 0 Å². The first-order chi connectivity index (χ1) is 7.31. The SMILES string of the molecule is CCOCC(NC)c1cc(OC)ncn1. The summed E-state index contributed by atoms with van der Waals surface area (Å²) in [6.45, 7) is 3.25. The van der Waals surface area contributed by atoms with Crippen molar-refractivity contribution in [1.29, 1.82) is 0 Å². The summed E-state index contributed by atoms with van der Waals surface area (Å²) in [7, 11) is 3.46. The Morgan fingerprint density at radius 1 is 1.47 bits per heavy atom. The number of likely N-dealkylation sites (N-methyl/N-ethyl adjacent to an activating group) is 1. The Balaban J connectivity index is 2.72. The Hall–Kier alpha value is -1.20. The van der Waals surface area contributed by atoms with Crippen LogP contribution in [0.1, 0.15) is 18.7 Å². The van der Waals surface area contributed by atoms with Crippen molar-refractivity contribution >= 4 is 0 Å². The number of ether oxygens (including phenoxy) is 2. The van der Waals surface area contributed by atoms with Gasteiger partial charge in [0.1, 0.15) is 6.33 Å². The molecular formula is C10H17N3O2. The molecule has 0 saturated heterocycles. The van der Waals surface area contributed by atoms with Crippen LogP contribution in [0.3, 0.4) is 0 Å². The molecule has 1 aromatic heterocycles. The molecule has 0 aromatic carbocycles. The molecule has 0 aliphatic heterocycles. The Kier molecular flexibility index (Phi) is 5.00. The van der Waals surface area contributed by atoms with Gasteiger partial charge in [0.05, 0.1) is 25.5 Å². The summed E-state index contributed by atoms with van der Waals surface area (Å²) >= 11 is 0. The summed E-state index contributed by atoms with van der Waals surface area (Å²) in [5.74, 6) is 0.566. The molecule has 1 aromatic rings. The number of methoxy groups -OCH3 is 1. The van der Waals surface area contributed by atoms with Crippen molar-refractivity contribution in [3.8, 4) is 5.88 Å². The number of hydrogen-bond acceptors (Lipinski definition) is 5. The fraction of sp³-hybridized carbons (Fsp3) is 0.600. The number of aromatic nitrogens is 2. The Bertz CT molecular complexity index is 294. The van der Waals surface area contributed by atoms with Crippen molar-refractivity contribution in [2.24, 2.45) is 0 Å². The second kappa shape index (κ2) is 6.31. The van der Waals surface area contributed by atoms with Crippen molar-refractivity contribution < 1.29 is 9.47 Å². The monoisotopic (exact) mass is 211 g/mol. The van der Waals surface area contributed by atoms with Crippen molar-refractivity contribution in [2.45, 2.75) is 13.0 Å². The lowest BCUT2D eigenvalue weighted by Gasteiger charge is -2.15. The van der Waals surface area contributed by atoms with Gasteiger partial charge in [0, 0.05) is 12.7 Å². The molecule has 5 nitrogen and oxygen atoms in total. The van der Waals surface area contributed by atoms with Crippen molar-refractivity contribution in [3.63, 3.8) is 0 Å². The molecule has 5 heteroatoms. The van der Waals surface area contributed by atoms with Gasteiger partial charge in [0.15, 0.2) is 0 Å². The van der Waals surface area contributed by atoms with Crippen LogP contribution in [-0.4, -0.2) is 37.3 Å². The summed E-state index contributed by atoms with van der Waals surface area (Å²) in [5, 5.41) is 3.13. The molecule has 0 amide bonds. The molecule has 0 aliphatic rings. The summed E-state index contributed by atoms with van der Waals surface area (Å²) in [4.78, 5) is 8.13. The van der Waals surface area contributed by atoms with Crippen LogP contribution in [0, 0.1) is 0 Å². The minimum atomic E-state index is 0.0712. The van der Waals surface area contributed by atoms with E-state index in [1.165, 1.54) is 6.33 Å². The molecule has 0 spiro atoms. The summed E-state index contributed by atoms with van der Waals surface area (Å²) < 4.78 is 10.4. The van der Waals surface area contributed by atoms with Crippen molar-refractivity contribution in [1.82, 2.24) is 15.3 Å². The predicted molar refractivity (Wildman–Crippen MR) is 56.9 cm³/mol. The van der Waals surface area contributed by atoms with E-state index < -0.39 is 0 Å². The zero-order chi connectivity index (χ0) is 11.1. The van der Waals surface area contributed by atoms with Crippen molar-refractivity contribution in [2.75, 3.05) is 27.4 Å². The molecular weight excluding hydrogens is 194 g/mol. The lowest BCUT2D eigenvalue weighted by Crippen LogP contribution is -2.23. The highest BCUT2D eigenvalue weighted by atomic mass is 16.5. The second-order valence-electron chi connectivity index (χ2n) is 2.99. The van der Waals surface area contributed by atoms with Crippen LogP contribution in [0.5, 0.6) is 5.88 Å². The predicted octanol–water partition coefficient (Wildman–Crippen LogP) is 0.782. The number of rotatable bonds is 6. The van der Waals surface area contributed by atoms with Gasteiger partial charge in [-0.25, -0.2) is 9.97 Å². The Labute approximate surface area is 89.8 Å². The minimum Gasteiger partial charge on any atom is -0.481 e. The maximum atomic E-state index is 5.35.